The van der Waals surface area contributed by atoms with Gasteiger partial charge in [-0.25, -0.2) is 0 Å². The minimum absolute atomic E-state index is 0.130. The number of carboxylic acids is 1. The minimum Gasteiger partial charge on any atom is -0.481 e. The molecule has 0 heterocycles. The van der Waals surface area contributed by atoms with Gasteiger partial charge in [0.15, 0.2) is 0 Å². The van der Waals surface area contributed by atoms with Gasteiger partial charge in [0, 0.05) is 0 Å². The number of hydrogen-bond donors (Lipinski definition) is 1. The third-order valence-corrected chi connectivity index (χ3v) is 6.40. The quantitative estimate of drug-likeness (QED) is 0.691. The summed E-state index contributed by atoms with van der Waals surface area (Å²) in [7, 11) is 0. The van der Waals surface area contributed by atoms with Crippen molar-refractivity contribution in [2.24, 2.45) is 23.2 Å². The molecular formula is C21H36O4. The van der Waals surface area contributed by atoms with Crippen molar-refractivity contribution in [2.45, 2.75) is 97.5 Å². The lowest BCUT2D eigenvalue weighted by molar-refractivity contribution is -0.191. The number of ether oxygens (including phenoxy) is 1. The summed E-state index contributed by atoms with van der Waals surface area (Å²) >= 11 is 0. The molecule has 4 heteroatoms. The van der Waals surface area contributed by atoms with Gasteiger partial charge in [0.25, 0.3) is 0 Å². The Bertz CT molecular complexity index is 447. The third kappa shape index (κ3) is 4.38. The Kier molecular flexibility index (Phi) is 6.56. The van der Waals surface area contributed by atoms with Gasteiger partial charge in [-0.05, 0) is 58.3 Å². The van der Waals surface area contributed by atoms with Crippen molar-refractivity contribution in [1.82, 2.24) is 0 Å². The molecule has 2 rings (SSSR count). The van der Waals surface area contributed by atoms with Crippen molar-refractivity contribution < 1.29 is 19.4 Å². The molecule has 0 amide bonds. The van der Waals surface area contributed by atoms with Gasteiger partial charge in [-0.15, -0.1) is 0 Å². The molecule has 0 aromatic heterocycles. The van der Waals surface area contributed by atoms with Crippen LogP contribution in [0.5, 0.6) is 0 Å². The molecule has 0 bridgehead atoms. The average Bonchev–Trinajstić information content (AvgIpc) is 2.55. The Hall–Kier alpha value is -1.06. The molecule has 1 N–H and O–H groups in total. The lowest BCUT2D eigenvalue weighted by atomic mass is 9.53. The molecule has 0 radical (unpaired) electrons. The van der Waals surface area contributed by atoms with Crippen molar-refractivity contribution >= 4 is 11.9 Å². The summed E-state index contributed by atoms with van der Waals surface area (Å²) in [4.78, 5) is 25.6. The zero-order valence-corrected chi connectivity index (χ0v) is 16.5. The van der Waals surface area contributed by atoms with E-state index in [1.165, 1.54) is 12.8 Å². The standard InChI is InChI=1S/C21H36O4/c1-15(18(22)23)21(16-11-7-5-8-12-16,17-13-9-6-10-14-17)19(24)25-20(2,3)4/h15-17H,5-14H2,1-4H3,(H,22,23). The van der Waals surface area contributed by atoms with Crippen LogP contribution in [0.15, 0.2) is 0 Å². The molecule has 4 nitrogen and oxygen atoms in total. The molecule has 2 aliphatic carbocycles. The predicted octanol–water partition coefficient (Wildman–Crippen LogP) is 5.20. The Morgan fingerprint density at radius 2 is 1.28 bits per heavy atom. The number of carbonyl (C=O) groups is 2. The van der Waals surface area contributed by atoms with Gasteiger partial charge in [0.2, 0.25) is 0 Å². The van der Waals surface area contributed by atoms with Crippen molar-refractivity contribution in [3.05, 3.63) is 0 Å². The van der Waals surface area contributed by atoms with E-state index < -0.39 is 22.9 Å². The highest BCUT2D eigenvalue weighted by Gasteiger charge is 2.58. The van der Waals surface area contributed by atoms with Gasteiger partial charge in [-0.3, -0.25) is 9.59 Å². The monoisotopic (exact) mass is 352 g/mol. The summed E-state index contributed by atoms with van der Waals surface area (Å²) < 4.78 is 5.88. The molecule has 2 aliphatic rings. The van der Waals surface area contributed by atoms with E-state index in [0.717, 1.165) is 51.4 Å². The molecule has 2 saturated carbocycles. The second kappa shape index (κ2) is 8.09. The molecule has 0 spiro atoms. The van der Waals surface area contributed by atoms with Crippen LogP contribution in [0, 0.1) is 23.2 Å². The van der Waals surface area contributed by atoms with E-state index in [-0.39, 0.29) is 17.8 Å². The molecule has 144 valence electrons. The van der Waals surface area contributed by atoms with Crippen molar-refractivity contribution in [3.8, 4) is 0 Å². The largest absolute Gasteiger partial charge is 0.481 e. The smallest absolute Gasteiger partial charge is 0.314 e. The number of carbonyl (C=O) groups excluding carboxylic acids is 1. The van der Waals surface area contributed by atoms with E-state index in [1.807, 2.05) is 20.8 Å². The van der Waals surface area contributed by atoms with Crippen LogP contribution in [0.4, 0.5) is 0 Å². The second-order valence-electron chi connectivity index (χ2n) is 9.16. The van der Waals surface area contributed by atoms with Crippen LogP contribution in [-0.2, 0) is 14.3 Å². The molecule has 1 unspecified atom stereocenters. The number of esters is 1. The fourth-order valence-electron chi connectivity index (χ4n) is 5.28. The van der Waals surface area contributed by atoms with E-state index in [9.17, 15) is 14.7 Å². The van der Waals surface area contributed by atoms with Gasteiger partial charge < -0.3 is 9.84 Å². The van der Waals surface area contributed by atoms with Crippen LogP contribution in [0.3, 0.4) is 0 Å². The fraction of sp³-hybridized carbons (Fsp3) is 0.905. The molecule has 25 heavy (non-hydrogen) atoms. The van der Waals surface area contributed by atoms with Crippen LogP contribution in [0.2, 0.25) is 0 Å². The maximum Gasteiger partial charge on any atom is 0.314 e. The predicted molar refractivity (Wildman–Crippen MR) is 98.2 cm³/mol. The number of rotatable bonds is 5. The highest BCUT2D eigenvalue weighted by atomic mass is 16.6. The van der Waals surface area contributed by atoms with Gasteiger partial charge in [-0.1, -0.05) is 45.4 Å². The molecular weight excluding hydrogens is 316 g/mol. The minimum atomic E-state index is -0.875. The van der Waals surface area contributed by atoms with Crippen molar-refractivity contribution in [1.29, 1.82) is 0 Å². The van der Waals surface area contributed by atoms with E-state index in [0.29, 0.717) is 0 Å². The summed E-state index contributed by atoms with van der Waals surface area (Å²) in [5.41, 5.74) is -1.47. The van der Waals surface area contributed by atoms with Crippen LogP contribution in [0.25, 0.3) is 0 Å². The molecule has 0 aliphatic heterocycles. The Labute approximate surface area is 152 Å². The van der Waals surface area contributed by atoms with Gasteiger partial charge in [0.1, 0.15) is 5.60 Å². The lowest BCUT2D eigenvalue weighted by Gasteiger charge is -2.50. The van der Waals surface area contributed by atoms with E-state index in [4.69, 9.17) is 4.74 Å². The first-order valence-electron chi connectivity index (χ1n) is 10.2. The fourth-order valence-corrected chi connectivity index (χ4v) is 5.28. The van der Waals surface area contributed by atoms with Crippen molar-refractivity contribution in [2.75, 3.05) is 0 Å². The molecule has 0 aromatic carbocycles. The highest BCUT2D eigenvalue weighted by molar-refractivity contribution is 5.85. The van der Waals surface area contributed by atoms with Crippen LogP contribution < -0.4 is 0 Å². The number of hydrogen-bond acceptors (Lipinski definition) is 3. The van der Waals surface area contributed by atoms with Crippen LogP contribution in [0.1, 0.15) is 91.9 Å². The summed E-state index contributed by atoms with van der Waals surface area (Å²) in [6.07, 6.45) is 10.5. The van der Waals surface area contributed by atoms with E-state index >= 15 is 0 Å². The second-order valence-corrected chi connectivity index (χ2v) is 9.16. The summed E-state index contributed by atoms with van der Waals surface area (Å²) in [6, 6.07) is 0. The number of aliphatic carboxylic acids is 1. The summed E-state index contributed by atoms with van der Waals surface area (Å²) in [6.45, 7) is 7.38. The zero-order valence-electron chi connectivity index (χ0n) is 16.5. The first-order valence-corrected chi connectivity index (χ1v) is 10.2. The van der Waals surface area contributed by atoms with Gasteiger partial charge in [0.05, 0.1) is 11.3 Å². The normalized spacial score (nSPS) is 22.4. The molecule has 2 fully saturated rings. The SMILES string of the molecule is CC(C(=O)O)C(C(=O)OC(C)(C)C)(C1CCCCC1)C1CCCCC1. The van der Waals surface area contributed by atoms with E-state index in [1.54, 1.807) is 6.92 Å². The van der Waals surface area contributed by atoms with Crippen LogP contribution in [-0.4, -0.2) is 22.6 Å². The lowest BCUT2D eigenvalue weighted by Crippen LogP contribution is -2.55. The van der Waals surface area contributed by atoms with Gasteiger partial charge >= 0.3 is 11.9 Å². The Balaban J connectivity index is 2.50. The summed E-state index contributed by atoms with van der Waals surface area (Å²) in [5, 5.41) is 9.92. The van der Waals surface area contributed by atoms with E-state index in [2.05, 4.69) is 0 Å². The molecule has 1 atom stereocenters. The Morgan fingerprint density at radius 1 is 0.880 bits per heavy atom. The molecule has 0 aromatic rings. The summed E-state index contributed by atoms with van der Waals surface area (Å²) in [5.74, 6) is -1.56. The Morgan fingerprint density at radius 3 is 1.60 bits per heavy atom. The maximum absolute atomic E-state index is 13.5. The number of carboxylic acid groups (broad SMARTS) is 1. The maximum atomic E-state index is 13.5. The third-order valence-electron chi connectivity index (χ3n) is 6.40. The topological polar surface area (TPSA) is 63.6 Å². The average molecular weight is 353 g/mol. The first kappa shape index (κ1) is 20.3. The molecule has 0 saturated heterocycles. The first-order chi connectivity index (χ1) is 11.7. The van der Waals surface area contributed by atoms with Crippen LogP contribution >= 0.6 is 0 Å². The van der Waals surface area contributed by atoms with Crippen molar-refractivity contribution in [3.63, 3.8) is 0 Å². The van der Waals surface area contributed by atoms with Gasteiger partial charge in [-0.2, -0.15) is 0 Å². The highest BCUT2D eigenvalue weighted by Crippen LogP contribution is 2.54. The zero-order chi connectivity index (χ0) is 18.7.